The van der Waals surface area contributed by atoms with Gasteiger partial charge in [-0.15, -0.1) is 0 Å². The van der Waals surface area contributed by atoms with E-state index in [1.165, 1.54) is 0 Å². The molecule has 0 radical (unpaired) electrons. The minimum atomic E-state index is 0.118. The largest absolute Gasteiger partial charge is 0.504 e. The highest BCUT2D eigenvalue weighted by Crippen LogP contribution is 2.27. The molecule has 0 unspecified atom stereocenters. The summed E-state index contributed by atoms with van der Waals surface area (Å²) in [5, 5.41) is 10.5. The maximum Gasteiger partial charge on any atom is 0.161 e. The highest BCUT2D eigenvalue weighted by Gasteiger charge is 2.03. The average Bonchev–Trinajstić information content (AvgIpc) is 2.32. The standard InChI is InChI=1S/C13H10Cl2O2/c14-10-6-5-9(7-11(10)15)8-17-13-4-2-1-3-12(13)16/h1-7,16H,8H2. The van der Waals surface area contributed by atoms with Gasteiger partial charge in [-0.2, -0.15) is 0 Å². The molecule has 4 heteroatoms. The van der Waals surface area contributed by atoms with Gasteiger partial charge in [0.15, 0.2) is 11.5 Å². The Labute approximate surface area is 109 Å². The number of rotatable bonds is 3. The quantitative estimate of drug-likeness (QED) is 0.901. The fourth-order valence-corrected chi connectivity index (χ4v) is 1.69. The van der Waals surface area contributed by atoms with Crippen LogP contribution in [0.2, 0.25) is 10.0 Å². The highest BCUT2D eigenvalue weighted by molar-refractivity contribution is 6.42. The number of hydrogen-bond donors (Lipinski definition) is 1. The van der Waals surface area contributed by atoms with Crippen LogP contribution >= 0.6 is 23.2 Å². The summed E-state index contributed by atoms with van der Waals surface area (Å²) in [6.07, 6.45) is 0. The van der Waals surface area contributed by atoms with Crippen LogP contribution < -0.4 is 4.74 Å². The Morgan fingerprint density at radius 1 is 1.00 bits per heavy atom. The van der Waals surface area contributed by atoms with Crippen LogP contribution in [0.15, 0.2) is 42.5 Å². The second kappa shape index (κ2) is 5.30. The molecule has 0 aliphatic rings. The van der Waals surface area contributed by atoms with Gasteiger partial charge in [0.25, 0.3) is 0 Å². The summed E-state index contributed by atoms with van der Waals surface area (Å²) in [4.78, 5) is 0. The van der Waals surface area contributed by atoms with Crippen LogP contribution in [-0.4, -0.2) is 5.11 Å². The summed E-state index contributed by atoms with van der Waals surface area (Å²) in [7, 11) is 0. The molecule has 2 aromatic rings. The van der Waals surface area contributed by atoms with Crippen molar-refractivity contribution in [3.05, 3.63) is 58.1 Å². The van der Waals surface area contributed by atoms with Gasteiger partial charge in [0, 0.05) is 0 Å². The predicted octanol–water partition coefficient (Wildman–Crippen LogP) is 4.28. The van der Waals surface area contributed by atoms with E-state index in [0.717, 1.165) is 5.56 Å². The number of halogens is 2. The summed E-state index contributed by atoms with van der Waals surface area (Å²) in [5.41, 5.74) is 0.891. The molecule has 0 aliphatic carbocycles. The zero-order valence-corrected chi connectivity index (χ0v) is 10.4. The molecule has 88 valence electrons. The minimum Gasteiger partial charge on any atom is -0.504 e. The monoisotopic (exact) mass is 268 g/mol. The van der Waals surface area contributed by atoms with Crippen molar-refractivity contribution in [1.29, 1.82) is 0 Å². The molecule has 0 aliphatic heterocycles. The average molecular weight is 269 g/mol. The Hall–Kier alpha value is -1.38. The molecule has 0 bridgehead atoms. The first kappa shape index (κ1) is 12.1. The third-order valence-electron chi connectivity index (χ3n) is 2.24. The number of para-hydroxylation sites is 2. The molecule has 2 aromatic carbocycles. The van der Waals surface area contributed by atoms with Gasteiger partial charge < -0.3 is 9.84 Å². The number of aromatic hydroxyl groups is 1. The normalized spacial score (nSPS) is 10.2. The Bertz CT molecular complexity index is 527. The summed E-state index contributed by atoms with van der Waals surface area (Å²) < 4.78 is 5.47. The fourth-order valence-electron chi connectivity index (χ4n) is 1.37. The smallest absolute Gasteiger partial charge is 0.161 e. The van der Waals surface area contributed by atoms with E-state index in [1.807, 2.05) is 6.07 Å². The molecule has 0 amide bonds. The van der Waals surface area contributed by atoms with Gasteiger partial charge in [0.2, 0.25) is 0 Å². The summed E-state index contributed by atoms with van der Waals surface area (Å²) in [6.45, 7) is 0.328. The van der Waals surface area contributed by atoms with Crippen LogP contribution in [0.25, 0.3) is 0 Å². The lowest BCUT2D eigenvalue weighted by Gasteiger charge is -2.08. The molecule has 0 heterocycles. The van der Waals surface area contributed by atoms with Gasteiger partial charge in [-0.1, -0.05) is 41.4 Å². The second-order valence-electron chi connectivity index (χ2n) is 3.50. The molecule has 1 N–H and O–H groups in total. The summed E-state index contributed by atoms with van der Waals surface area (Å²) >= 11 is 11.7. The SMILES string of the molecule is Oc1ccccc1OCc1ccc(Cl)c(Cl)c1. The third-order valence-corrected chi connectivity index (χ3v) is 2.98. The van der Waals surface area contributed by atoms with Crippen LogP contribution in [-0.2, 0) is 6.61 Å². The summed E-state index contributed by atoms with van der Waals surface area (Å²) in [6, 6.07) is 12.1. The van der Waals surface area contributed by atoms with Crippen molar-refractivity contribution in [3.8, 4) is 11.5 Å². The molecular formula is C13H10Cl2O2. The number of benzene rings is 2. The number of phenolic OH excluding ortho intramolecular Hbond substituents is 1. The fraction of sp³-hybridized carbons (Fsp3) is 0.0769. The van der Waals surface area contributed by atoms with Crippen LogP contribution in [0.4, 0.5) is 0 Å². The van der Waals surface area contributed by atoms with Gasteiger partial charge in [0.05, 0.1) is 10.0 Å². The van der Waals surface area contributed by atoms with Crippen molar-refractivity contribution < 1.29 is 9.84 Å². The predicted molar refractivity (Wildman–Crippen MR) is 68.9 cm³/mol. The molecule has 0 aromatic heterocycles. The second-order valence-corrected chi connectivity index (χ2v) is 4.32. The molecule has 0 fully saturated rings. The molecule has 17 heavy (non-hydrogen) atoms. The highest BCUT2D eigenvalue weighted by atomic mass is 35.5. The first-order valence-corrected chi connectivity index (χ1v) is 5.77. The first-order chi connectivity index (χ1) is 8.16. The van der Waals surface area contributed by atoms with E-state index in [1.54, 1.807) is 36.4 Å². The van der Waals surface area contributed by atoms with Crippen molar-refractivity contribution in [2.75, 3.05) is 0 Å². The zero-order chi connectivity index (χ0) is 12.3. The van der Waals surface area contributed by atoms with E-state index >= 15 is 0 Å². The van der Waals surface area contributed by atoms with Crippen LogP contribution in [0.3, 0.4) is 0 Å². The number of hydrogen-bond acceptors (Lipinski definition) is 2. The topological polar surface area (TPSA) is 29.5 Å². The van der Waals surface area contributed by atoms with Crippen molar-refractivity contribution in [2.24, 2.45) is 0 Å². The van der Waals surface area contributed by atoms with E-state index in [0.29, 0.717) is 22.4 Å². The lowest BCUT2D eigenvalue weighted by Crippen LogP contribution is -1.95. The third kappa shape index (κ3) is 3.05. The molecular weight excluding hydrogens is 259 g/mol. The Kier molecular flexibility index (Phi) is 3.77. The molecule has 2 nitrogen and oxygen atoms in total. The Morgan fingerprint density at radius 2 is 1.76 bits per heavy atom. The van der Waals surface area contributed by atoms with Gasteiger partial charge in [-0.05, 0) is 29.8 Å². The van der Waals surface area contributed by atoms with Crippen molar-refractivity contribution in [1.82, 2.24) is 0 Å². The Balaban J connectivity index is 2.08. The van der Waals surface area contributed by atoms with Gasteiger partial charge in [-0.25, -0.2) is 0 Å². The van der Waals surface area contributed by atoms with E-state index in [4.69, 9.17) is 27.9 Å². The van der Waals surface area contributed by atoms with Crippen molar-refractivity contribution >= 4 is 23.2 Å². The molecule has 0 saturated heterocycles. The number of ether oxygens (including phenoxy) is 1. The van der Waals surface area contributed by atoms with E-state index in [-0.39, 0.29) is 5.75 Å². The lowest BCUT2D eigenvalue weighted by molar-refractivity contribution is 0.289. The van der Waals surface area contributed by atoms with Crippen LogP contribution in [0.1, 0.15) is 5.56 Å². The first-order valence-electron chi connectivity index (χ1n) is 5.01. The van der Waals surface area contributed by atoms with E-state index < -0.39 is 0 Å². The van der Waals surface area contributed by atoms with Crippen molar-refractivity contribution in [3.63, 3.8) is 0 Å². The zero-order valence-electron chi connectivity index (χ0n) is 8.86. The van der Waals surface area contributed by atoms with Crippen molar-refractivity contribution in [2.45, 2.75) is 6.61 Å². The maximum absolute atomic E-state index is 9.52. The van der Waals surface area contributed by atoms with E-state index in [9.17, 15) is 5.11 Å². The van der Waals surface area contributed by atoms with Gasteiger partial charge >= 0.3 is 0 Å². The lowest BCUT2D eigenvalue weighted by atomic mass is 10.2. The van der Waals surface area contributed by atoms with E-state index in [2.05, 4.69) is 0 Å². The van der Waals surface area contributed by atoms with Gasteiger partial charge in [-0.3, -0.25) is 0 Å². The number of phenols is 1. The maximum atomic E-state index is 9.52. The molecule has 0 saturated carbocycles. The summed E-state index contributed by atoms with van der Waals surface area (Å²) in [5.74, 6) is 0.561. The molecule has 2 rings (SSSR count). The Morgan fingerprint density at radius 3 is 2.47 bits per heavy atom. The van der Waals surface area contributed by atoms with Crippen LogP contribution in [0.5, 0.6) is 11.5 Å². The minimum absolute atomic E-state index is 0.118. The molecule has 0 spiro atoms. The van der Waals surface area contributed by atoms with Crippen LogP contribution in [0, 0.1) is 0 Å². The van der Waals surface area contributed by atoms with Gasteiger partial charge in [0.1, 0.15) is 6.61 Å². The molecule has 0 atom stereocenters.